The highest BCUT2D eigenvalue weighted by atomic mass is 35.5. The summed E-state index contributed by atoms with van der Waals surface area (Å²) in [7, 11) is -1.25. The van der Waals surface area contributed by atoms with E-state index < -0.39 is 26.7 Å². The molecule has 0 saturated carbocycles. The number of alkyl halides is 3. The summed E-state index contributed by atoms with van der Waals surface area (Å²) in [5.41, 5.74) is -0.475. The summed E-state index contributed by atoms with van der Waals surface area (Å²) in [6.07, 6.45) is -1.57. The number of hydrogen-bond donors (Lipinski definition) is 0. The van der Waals surface area contributed by atoms with Crippen molar-refractivity contribution in [2.45, 2.75) is 17.6 Å². The van der Waals surface area contributed by atoms with Gasteiger partial charge in [-0.15, -0.1) is 0 Å². The minimum Gasteiger partial charge on any atom is -0.275 e. The van der Waals surface area contributed by atoms with Gasteiger partial charge in [0, 0.05) is 32.4 Å². The molecule has 0 aliphatic carbocycles. The Balaban J connectivity index is 2.38. The maximum Gasteiger partial charge on any atom is 0.416 e. The Morgan fingerprint density at radius 2 is 2.00 bits per heavy atom. The fourth-order valence-corrected chi connectivity index (χ4v) is 3.60. The van der Waals surface area contributed by atoms with Crippen molar-refractivity contribution < 1.29 is 21.6 Å². The molecule has 0 spiro atoms. The predicted octanol–water partition coefficient (Wildman–Crippen LogP) is 2.91. The highest BCUT2D eigenvalue weighted by Crippen LogP contribution is 2.34. The molecular weight excluding hydrogens is 355 g/mol. The van der Waals surface area contributed by atoms with Gasteiger partial charge in [-0.05, 0) is 18.2 Å². The fraction of sp³-hybridized carbons (Fsp3) is 0.308. The third-order valence-corrected chi connectivity index (χ3v) is 5.40. The number of benzene rings is 1. The molecule has 0 aliphatic heterocycles. The Kier molecular flexibility index (Phi) is 4.74. The zero-order chi connectivity index (χ0) is 17.4. The van der Waals surface area contributed by atoms with Gasteiger partial charge in [-0.2, -0.15) is 22.6 Å². The van der Waals surface area contributed by atoms with Crippen LogP contribution in [0.1, 0.15) is 11.1 Å². The molecular formula is C13H13ClF3N3O2S. The van der Waals surface area contributed by atoms with Crippen LogP contribution in [0.3, 0.4) is 0 Å². The Bertz CT molecular complexity index is 818. The number of sulfonamides is 1. The van der Waals surface area contributed by atoms with E-state index in [2.05, 4.69) is 5.10 Å². The third-order valence-electron chi connectivity index (χ3n) is 3.11. The molecule has 0 saturated heterocycles. The molecule has 1 heterocycles. The smallest absolute Gasteiger partial charge is 0.275 e. The highest BCUT2D eigenvalue weighted by Gasteiger charge is 2.33. The first-order valence-electron chi connectivity index (χ1n) is 6.32. The summed E-state index contributed by atoms with van der Waals surface area (Å²) >= 11 is 5.79. The van der Waals surface area contributed by atoms with E-state index >= 15 is 0 Å². The van der Waals surface area contributed by atoms with E-state index in [0.717, 1.165) is 16.4 Å². The molecule has 0 bridgehead atoms. The Morgan fingerprint density at radius 1 is 1.35 bits per heavy atom. The number of hydrogen-bond acceptors (Lipinski definition) is 3. The third kappa shape index (κ3) is 3.85. The van der Waals surface area contributed by atoms with Crippen LogP contribution in [0.2, 0.25) is 5.02 Å². The Hall–Kier alpha value is -1.58. The minimum absolute atomic E-state index is 0.0389. The largest absolute Gasteiger partial charge is 0.416 e. The molecule has 5 nitrogen and oxygen atoms in total. The molecule has 0 amide bonds. The lowest BCUT2D eigenvalue weighted by Crippen LogP contribution is -2.27. The van der Waals surface area contributed by atoms with Crippen LogP contribution in [0, 0.1) is 0 Å². The zero-order valence-corrected chi connectivity index (χ0v) is 13.7. The molecule has 23 heavy (non-hydrogen) atoms. The van der Waals surface area contributed by atoms with Crippen LogP contribution in [0.4, 0.5) is 13.2 Å². The average molecular weight is 368 g/mol. The normalized spacial score (nSPS) is 12.8. The molecule has 2 aromatic rings. The summed E-state index contributed by atoms with van der Waals surface area (Å²) in [6.45, 7) is -0.0389. The van der Waals surface area contributed by atoms with E-state index in [1.165, 1.54) is 17.9 Å². The van der Waals surface area contributed by atoms with Gasteiger partial charge < -0.3 is 0 Å². The van der Waals surface area contributed by atoms with Gasteiger partial charge in [0.2, 0.25) is 10.0 Å². The van der Waals surface area contributed by atoms with Gasteiger partial charge >= 0.3 is 6.18 Å². The van der Waals surface area contributed by atoms with Crippen LogP contribution in [0.25, 0.3) is 0 Å². The van der Waals surface area contributed by atoms with E-state index in [9.17, 15) is 21.6 Å². The zero-order valence-electron chi connectivity index (χ0n) is 12.2. The maximum absolute atomic E-state index is 12.8. The molecule has 0 aliphatic rings. The number of aryl methyl sites for hydroxylation is 1. The van der Waals surface area contributed by atoms with Crippen molar-refractivity contribution in [3.8, 4) is 0 Å². The Morgan fingerprint density at radius 3 is 2.52 bits per heavy atom. The molecule has 0 fully saturated rings. The topological polar surface area (TPSA) is 55.2 Å². The second-order valence-corrected chi connectivity index (χ2v) is 7.35. The molecule has 2 rings (SSSR count). The minimum atomic E-state index is -4.66. The van der Waals surface area contributed by atoms with Gasteiger partial charge in [0.25, 0.3) is 0 Å². The second kappa shape index (κ2) is 6.14. The van der Waals surface area contributed by atoms with Gasteiger partial charge in [-0.1, -0.05) is 11.6 Å². The van der Waals surface area contributed by atoms with Crippen molar-refractivity contribution in [2.24, 2.45) is 7.05 Å². The summed E-state index contributed by atoms with van der Waals surface area (Å²) < 4.78 is 65.7. The lowest BCUT2D eigenvalue weighted by atomic mass is 10.2. The SMILES string of the molecule is CN(Cc1cnn(C)c1)S(=O)(=O)c1cc(C(F)(F)F)ccc1Cl. The fourth-order valence-electron chi connectivity index (χ4n) is 1.94. The van der Waals surface area contributed by atoms with Gasteiger partial charge in [-0.3, -0.25) is 4.68 Å². The molecule has 0 radical (unpaired) electrons. The molecule has 10 heteroatoms. The predicted molar refractivity (Wildman–Crippen MR) is 78.3 cm³/mol. The van der Waals surface area contributed by atoms with Crippen molar-refractivity contribution >= 4 is 21.6 Å². The standard InChI is InChI=1S/C13H13ClF3N3O2S/c1-19-7-9(6-18-19)8-20(2)23(21,22)12-5-10(13(15,16)17)3-4-11(12)14/h3-7H,8H2,1-2H3. The monoisotopic (exact) mass is 367 g/mol. The average Bonchev–Trinajstić information content (AvgIpc) is 2.83. The van der Waals surface area contributed by atoms with Gasteiger partial charge in [-0.25, -0.2) is 8.42 Å². The molecule has 0 N–H and O–H groups in total. The van der Waals surface area contributed by atoms with Gasteiger partial charge in [0.05, 0.1) is 16.8 Å². The maximum atomic E-state index is 12.8. The van der Waals surface area contributed by atoms with E-state index in [4.69, 9.17) is 11.6 Å². The quantitative estimate of drug-likeness (QED) is 0.835. The van der Waals surface area contributed by atoms with Crippen molar-refractivity contribution in [1.29, 1.82) is 0 Å². The number of halogens is 4. The second-order valence-electron chi connectivity index (χ2n) is 4.93. The van der Waals surface area contributed by atoms with Crippen LogP contribution < -0.4 is 0 Å². The van der Waals surface area contributed by atoms with Crippen molar-refractivity contribution in [2.75, 3.05) is 7.05 Å². The van der Waals surface area contributed by atoms with E-state index in [-0.39, 0.29) is 11.6 Å². The first-order valence-corrected chi connectivity index (χ1v) is 8.14. The number of aromatic nitrogens is 2. The van der Waals surface area contributed by atoms with Crippen molar-refractivity contribution in [1.82, 2.24) is 14.1 Å². The lowest BCUT2D eigenvalue weighted by molar-refractivity contribution is -0.137. The van der Waals surface area contributed by atoms with E-state index in [1.54, 1.807) is 13.2 Å². The summed E-state index contributed by atoms with van der Waals surface area (Å²) in [6, 6.07) is 2.20. The molecule has 126 valence electrons. The highest BCUT2D eigenvalue weighted by molar-refractivity contribution is 7.89. The van der Waals surface area contributed by atoms with E-state index in [0.29, 0.717) is 11.6 Å². The summed E-state index contributed by atoms with van der Waals surface area (Å²) in [4.78, 5) is -0.583. The number of nitrogens with zero attached hydrogens (tertiary/aromatic N) is 3. The summed E-state index contributed by atoms with van der Waals surface area (Å²) in [5.74, 6) is 0. The van der Waals surface area contributed by atoms with Crippen LogP contribution in [-0.4, -0.2) is 29.6 Å². The Labute approximate surface area is 136 Å². The lowest BCUT2D eigenvalue weighted by Gasteiger charge is -2.18. The molecule has 0 atom stereocenters. The van der Waals surface area contributed by atoms with Crippen LogP contribution in [-0.2, 0) is 29.8 Å². The van der Waals surface area contributed by atoms with Crippen molar-refractivity contribution in [3.05, 3.63) is 46.7 Å². The van der Waals surface area contributed by atoms with Crippen LogP contribution in [0.5, 0.6) is 0 Å². The van der Waals surface area contributed by atoms with Crippen LogP contribution >= 0.6 is 11.6 Å². The van der Waals surface area contributed by atoms with Crippen molar-refractivity contribution in [3.63, 3.8) is 0 Å². The molecule has 1 aromatic heterocycles. The first-order chi connectivity index (χ1) is 10.5. The number of rotatable bonds is 4. The van der Waals surface area contributed by atoms with E-state index in [1.807, 2.05) is 0 Å². The van der Waals surface area contributed by atoms with Gasteiger partial charge in [0.1, 0.15) is 4.90 Å². The van der Waals surface area contributed by atoms with Gasteiger partial charge in [0.15, 0.2) is 0 Å². The van der Waals surface area contributed by atoms with Crippen LogP contribution in [0.15, 0.2) is 35.5 Å². The molecule has 0 unspecified atom stereocenters. The molecule has 1 aromatic carbocycles. The first kappa shape index (κ1) is 17.8. The summed E-state index contributed by atoms with van der Waals surface area (Å²) in [5, 5.41) is 3.64.